The molecule has 0 saturated heterocycles. The Morgan fingerprint density at radius 2 is 2.11 bits per heavy atom. The van der Waals surface area contributed by atoms with Crippen molar-refractivity contribution in [2.45, 2.75) is 13.0 Å². The molecule has 1 aromatic heterocycles. The van der Waals surface area contributed by atoms with Crippen molar-refractivity contribution in [2.75, 3.05) is 0 Å². The Kier molecular flexibility index (Phi) is 4.30. The SMILES string of the molecule is CC(NC(=O)c1cccc(I)c1)c1ccccn1. The van der Waals surface area contributed by atoms with Crippen LogP contribution in [0.3, 0.4) is 0 Å². The lowest BCUT2D eigenvalue weighted by atomic mass is 10.1. The summed E-state index contributed by atoms with van der Waals surface area (Å²) < 4.78 is 1.05. The Balaban J connectivity index is 2.08. The van der Waals surface area contributed by atoms with Crippen molar-refractivity contribution in [2.24, 2.45) is 0 Å². The lowest BCUT2D eigenvalue weighted by molar-refractivity contribution is 0.0939. The minimum Gasteiger partial charge on any atom is -0.344 e. The van der Waals surface area contributed by atoms with Crippen molar-refractivity contribution in [3.05, 3.63) is 63.5 Å². The molecule has 4 heteroatoms. The third-order valence-corrected chi connectivity index (χ3v) is 3.24. The van der Waals surface area contributed by atoms with Crippen LogP contribution >= 0.6 is 22.6 Å². The van der Waals surface area contributed by atoms with Crippen LogP contribution in [0.4, 0.5) is 0 Å². The standard InChI is InChI=1S/C14H13IN2O/c1-10(13-7-2-3-8-16-13)17-14(18)11-5-4-6-12(15)9-11/h2-10H,1H3,(H,17,18). The lowest BCUT2D eigenvalue weighted by Crippen LogP contribution is -2.27. The quantitative estimate of drug-likeness (QED) is 0.863. The second-order valence-corrected chi connectivity index (χ2v) is 5.21. The zero-order valence-electron chi connectivity index (χ0n) is 9.93. The van der Waals surface area contributed by atoms with E-state index in [1.807, 2.05) is 49.4 Å². The van der Waals surface area contributed by atoms with Gasteiger partial charge in [-0.1, -0.05) is 12.1 Å². The summed E-state index contributed by atoms with van der Waals surface area (Å²) in [4.78, 5) is 16.3. The van der Waals surface area contributed by atoms with Gasteiger partial charge in [0.1, 0.15) is 0 Å². The first kappa shape index (κ1) is 13.0. The van der Waals surface area contributed by atoms with Crippen LogP contribution in [-0.2, 0) is 0 Å². The van der Waals surface area contributed by atoms with Crippen LogP contribution in [0.2, 0.25) is 0 Å². The van der Waals surface area contributed by atoms with Gasteiger partial charge in [0.25, 0.3) is 5.91 Å². The molecule has 2 rings (SSSR count). The van der Waals surface area contributed by atoms with Crippen molar-refractivity contribution in [1.82, 2.24) is 10.3 Å². The topological polar surface area (TPSA) is 42.0 Å². The van der Waals surface area contributed by atoms with Crippen LogP contribution < -0.4 is 5.32 Å². The van der Waals surface area contributed by atoms with Gasteiger partial charge in [-0.15, -0.1) is 0 Å². The number of halogens is 1. The van der Waals surface area contributed by atoms with E-state index in [0.717, 1.165) is 9.26 Å². The van der Waals surface area contributed by atoms with Crippen LogP contribution in [0, 0.1) is 3.57 Å². The Bertz CT molecular complexity index is 543. The van der Waals surface area contributed by atoms with Gasteiger partial charge in [0.15, 0.2) is 0 Å². The molecule has 18 heavy (non-hydrogen) atoms. The van der Waals surface area contributed by atoms with Crippen LogP contribution in [0.25, 0.3) is 0 Å². The number of carbonyl (C=O) groups excluding carboxylic acids is 1. The van der Waals surface area contributed by atoms with E-state index in [-0.39, 0.29) is 11.9 Å². The molecule has 1 N–H and O–H groups in total. The summed E-state index contributed by atoms with van der Waals surface area (Å²) in [6.07, 6.45) is 1.73. The van der Waals surface area contributed by atoms with Crippen LogP contribution in [0.5, 0.6) is 0 Å². The molecule has 0 aliphatic heterocycles. The van der Waals surface area contributed by atoms with E-state index in [2.05, 4.69) is 32.9 Å². The fraction of sp³-hybridized carbons (Fsp3) is 0.143. The number of hydrogen-bond donors (Lipinski definition) is 1. The highest BCUT2D eigenvalue weighted by Crippen LogP contribution is 2.11. The number of benzene rings is 1. The molecule has 0 spiro atoms. The van der Waals surface area contributed by atoms with Crippen molar-refractivity contribution < 1.29 is 4.79 Å². The summed E-state index contributed by atoms with van der Waals surface area (Å²) in [7, 11) is 0. The van der Waals surface area contributed by atoms with Crippen LogP contribution in [0.15, 0.2) is 48.7 Å². The summed E-state index contributed by atoms with van der Waals surface area (Å²) in [6, 6.07) is 13.1. The normalized spacial score (nSPS) is 11.9. The van der Waals surface area contributed by atoms with E-state index in [4.69, 9.17) is 0 Å². The number of carbonyl (C=O) groups is 1. The van der Waals surface area contributed by atoms with Gasteiger partial charge >= 0.3 is 0 Å². The van der Waals surface area contributed by atoms with E-state index in [9.17, 15) is 4.79 Å². The third-order valence-electron chi connectivity index (χ3n) is 2.57. The molecule has 0 fully saturated rings. The first-order chi connectivity index (χ1) is 8.66. The second kappa shape index (κ2) is 5.95. The number of aromatic nitrogens is 1. The Morgan fingerprint density at radius 1 is 1.28 bits per heavy atom. The molecule has 0 aliphatic carbocycles. The molecule has 3 nitrogen and oxygen atoms in total. The van der Waals surface area contributed by atoms with Gasteiger partial charge in [-0.05, 0) is 59.8 Å². The number of nitrogens with one attached hydrogen (secondary N) is 1. The summed E-state index contributed by atoms with van der Waals surface area (Å²) in [5.74, 6) is -0.0772. The van der Waals surface area contributed by atoms with Gasteiger partial charge in [-0.2, -0.15) is 0 Å². The molecule has 1 heterocycles. The van der Waals surface area contributed by atoms with Gasteiger partial charge in [-0.25, -0.2) is 0 Å². The number of nitrogens with zero attached hydrogens (tertiary/aromatic N) is 1. The summed E-state index contributed by atoms with van der Waals surface area (Å²) >= 11 is 2.19. The predicted molar refractivity (Wildman–Crippen MR) is 79.3 cm³/mol. The predicted octanol–water partition coefficient (Wildman–Crippen LogP) is 3.18. The maximum Gasteiger partial charge on any atom is 0.251 e. The molecule has 0 saturated carbocycles. The molecule has 0 radical (unpaired) electrons. The molecule has 0 bridgehead atoms. The molecular weight excluding hydrogens is 339 g/mol. The smallest absolute Gasteiger partial charge is 0.251 e. The van der Waals surface area contributed by atoms with E-state index in [0.29, 0.717) is 5.56 Å². The lowest BCUT2D eigenvalue weighted by Gasteiger charge is -2.13. The summed E-state index contributed by atoms with van der Waals surface area (Å²) in [5, 5.41) is 2.93. The maximum absolute atomic E-state index is 12.0. The fourth-order valence-electron chi connectivity index (χ4n) is 1.62. The van der Waals surface area contributed by atoms with Crippen LogP contribution in [-0.4, -0.2) is 10.9 Å². The molecule has 1 amide bonds. The highest BCUT2D eigenvalue weighted by atomic mass is 127. The van der Waals surface area contributed by atoms with E-state index < -0.39 is 0 Å². The number of rotatable bonds is 3. The summed E-state index contributed by atoms with van der Waals surface area (Å²) in [6.45, 7) is 1.92. The average molecular weight is 352 g/mol. The van der Waals surface area contributed by atoms with Crippen molar-refractivity contribution >= 4 is 28.5 Å². The van der Waals surface area contributed by atoms with E-state index >= 15 is 0 Å². The highest BCUT2D eigenvalue weighted by molar-refractivity contribution is 14.1. The third kappa shape index (κ3) is 3.29. The number of amides is 1. The fourth-order valence-corrected chi connectivity index (χ4v) is 2.16. The minimum absolute atomic E-state index is 0.0772. The number of hydrogen-bond acceptors (Lipinski definition) is 2. The second-order valence-electron chi connectivity index (χ2n) is 3.96. The molecule has 1 atom stereocenters. The minimum atomic E-state index is -0.100. The molecular formula is C14H13IN2O. The Labute approximate surface area is 120 Å². The van der Waals surface area contributed by atoms with Gasteiger partial charge in [-0.3, -0.25) is 9.78 Å². The largest absolute Gasteiger partial charge is 0.344 e. The Hall–Kier alpha value is -1.43. The summed E-state index contributed by atoms with van der Waals surface area (Å²) in [5.41, 5.74) is 1.53. The first-order valence-electron chi connectivity index (χ1n) is 5.64. The van der Waals surface area contributed by atoms with Gasteiger partial charge in [0.2, 0.25) is 0 Å². The molecule has 0 aliphatic rings. The maximum atomic E-state index is 12.0. The number of pyridine rings is 1. The highest BCUT2D eigenvalue weighted by Gasteiger charge is 2.11. The Morgan fingerprint density at radius 3 is 2.78 bits per heavy atom. The van der Waals surface area contributed by atoms with Gasteiger partial charge in [0, 0.05) is 15.3 Å². The zero-order valence-corrected chi connectivity index (χ0v) is 12.1. The van der Waals surface area contributed by atoms with Gasteiger partial charge in [0.05, 0.1) is 11.7 Å². The van der Waals surface area contributed by atoms with Crippen molar-refractivity contribution in [3.8, 4) is 0 Å². The monoisotopic (exact) mass is 352 g/mol. The van der Waals surface area contributed by atoms with Crippen molar-refractivity contribution in [3.63, 3.8) is 0 Å². The first-order valence-corrected chi connectivity index (χ1v) is 6.72. The van der Waals surface area contributed by atoms with Gasteiger partial charge < -0.3 is 5.32 Å². The molecule has 2 aromatic rings. The zero-order chi connectivity index (χ0) is 13.0. The average Bonchev–Trinajstić information content (AvgIpc) is 2.39. The molecule has 1 aromatic carbocycles. The van der Waals surface area contributed by atoms with Crippen molar-refractivity contribution in [1.29, 1.82) is 0 Å². The molecule has 92 valence electrons. The van der Waals surface area contributed by atoms with Crippen LogP contribution in [0.1, 0.15) is 29.0 Å². The van der Waals surface area contributed by atoms with E-state index in [1.54, 1.807) is 6.20 Å². The molecule has 1 unspecified atom stereocenters. The van der Waals surface area contributed by atoms with E-state index in [1.165, 1.54) is 0 Å².